The number of hydrogen-bond acceptors (Lipinski definition) is 8. The van der Waals surface area contributed by atoms with Crippen molar-refractivity contribution in [3.05, 3.63) is 70.2 Å². The van der Waals surface area contributed by atoms with Gasteiger partial charge >= 0.3 is 0 Å². The van der Waals surface area contributed by atoms with Crippen LogP contribution in [0.5, 0.6) is 0 Å². The van der Waals surface area contributed by atoms with Gasteiger partial charge in [-0.2, -0.15) is 15.1 Å². The number of carbonyl (C=O) groups is 1. The lowest BCUT2D eigenvalue weighted by Gasteiger charge is -2.30. The number of Topliss-reactive ketones (excluding diaryl/α,β-unsaturated/α-hetero) is 1. The van der Waals surface area contributed by atoms with Gasteiger partial charge in [0, 0.05) is 25.6 Å². The first-order chi connectivity index (χ1) is 16.9. The molecule has 0 bridgehead atoms. The van der Waals surface area contributed by atoms with E-state index in [1.165, 1.54) is 10.8 Å². The Kier molecular flexibility index (Phi) is 4.76. The minimum absolute atomic E-state index is 0.0190. The van der Waals surface area contributed by atoms with E-state index in [0.717, 1.165) is 10.6 Å². The lowest BCUT2D eigenvalue weighted by atomic mass is 10.1. The molecule has 0 amide bonds. The van der Waals surface area contributed by atoms with Crippen LogP contribution >= 0.6 is 0 Å². The molecule has 1 fully saturated rings. The third-order valence-corrected chi connectivity index (χ3v) is 6.33. The van der Waals surface area contributed by atoms with E-state index in [1.54, 1.807) is 35.2 Å². The Labute approximate surface area is 197 Å². The second-order valence-corrected chi connectivity index (χ2v) is 8.52. The van der Waals surface area contributed by atoms with Crippen molar-refractivity contribution in [1.82, 2.24) is 24.1 Å². The highest BCUT2D eigenvalue weighted by Crippen LogP contribution is 2.40. The number of nitrogen functional groups attached to an aromatic ring is 1. The molecule has 2 aliphatic rings. The number of aromatic nitrogens is 5. The van der Waals surface area contributed by atoms with Crippen LogP contribution in [0.4, 0.5) is 26.4 Å². The van der Waals surface area contributed by atoms with Crippen molar-refractivity contribution in [2.45, 2.75) is 25.1 Å². The summed E-state index contributed by atoms with van der Waals surface area (Å²) in [6.45, 7) is 0.311. The van der Waals surface area contributed by atoms with Gasteiger partial charge in [-0.25, -0.2) is 13.3 Å². The van der Waals surface area contributed by atoms with Crippen LogP contribution in [-0.4, -0.2) is 49.2 Å². The quantitative estimate of drug-likeness (QED) is 0.460. The number of rotatable bonds is 3. The maximum Gasteiger partial charge on any atom is 0.285 e. The Bertz CT molecular complexity index is 1530. The first-order valence-corrected chi connectivity index (χ1v) is 11.1. The van der Waals surface area contributed by atoms with E-state index in [9.17, 15) is 18.4 Å². The summed E-state index contributed by atoms with van der Waals surface area (Å²) in [6, 6.07) is 9.00. The van der Waals surface area contributed by atoms with Crippen molar-refractivity contribution in [1.29, 1.82) is 0 Å². The van der Waals surface area contributed by atoms with E-state index < -0.39 is 23.6 Å². The molecule has 0 saturated carbocycles. The molecular formula is C23H20F2N8O2. The van der Waals surface area contributed by atoms with E-state index in [-0.39, 0.29) is 53.8 Å². The lowest BCUT2D eigenvalue weighted by Crippen LogP contribution is -2.35. The van der Waals surface area contributed by atoms with Gasteiger partial charge in [-0.1, -0.05) is 18.2 Å². The molecule has 2 atom stereocenters. The lowest BCUT2D eigenvalue weighted by molar-refractivity contribution is 0.0983. The fourth-order valence-corrected chi connectivity index (χ4v) is 4.83. The number of nitrogens with zero attached hydrogens (tertiary/aromatic N) is 6. The smallest absolute Gasteiger partial charge is 0.285 e. The molecule has 3 N–H and O–H groups in total. The Balaban J connectivity index is 1.60. The fourth-order valence-electron chi connectivity index (χ4n) is 4.83. The summed E-state index contributed by atoms with van der Waals surface area (Å²) in [5, 5.41) is 7.58. The molecule has 0 unspecified atom stereocenters. The average molecular weight is 478 g/mol. The molecular weight excluding hydrogens is 458 g/mol. The maximum atomic E-state index is 15.0. The molecule has 2 aliphatic heterocycles. The molecule has 178 valence electrons. The van der Waals surface area contributed by atoms with Gasteiger partial charge < -0.3 is 16.0 Å². The third-order valence-electron chi connectivity index (χ3n) is 6.33. The van der Waals surface area contributed by atoms with E-state index in [0.29, 0.717) is 18.1 Å². The van der Waals surface area contributed by atoms with Crippen molar-refractivity contribution in [3.8, 4) is 5.69 Å². The number of ketones is 1. The molecule has 1 saturated heterocycles. The summed E-state index contributed by atoms with van der Waals surface area (Å²) in [7, 11) is 0. The van der Waals surface area contributed by atoms with Crippen molar-refractivity contribution in [2.75, 3.05) is 29.0 Å². The fraction of sp³-hybridized carbons (Fsp3) is 0.261. The molecule has 3 aromatic heterocycles. The average Bonchev–Trinajstić information content (AvgIpc) is 3.41. The van der Waals surface area contributed by atoms with E-state index in [1.807, 2.05) is 0 Å². The van der Waals surface area contributed by atoms with Crippen LogP contribution in [0.15, 0.2) is 47.4 Å². The topological polar surface area (TPSA) is 123 Å². The highest BCUT2D eigenvalue weighted by molar-refractivity contribution is 6.06. The molecule has 1 aromatic carbocycles. The molecule has 10 nitrogen and oxygen atoms in total. The molecule has 6 rings (SSSR count). The van der Waals surface area contributed by atoms with Gasteiger partial charge in [-0.15, -0.1) is 0 Å². The largest absolute Gasteiger partial charge is 0.369 e. The summed E-state index contributed by atoms with van der Waals surface area (Å²) >= 11 is 0. The van der Waals surface area contributed by atoms with Crippen LogP contribution in [-0.2, 0) is 0 Å². The number of anilines is 3. The number of halogens is 2. The minimum atomic E-state index is -1.29. The zero-order valence-corrected chi connectivity index (χ0v) is 18.4. The van der Waals surface area contributed by atoms with E-state index in [4.69, 9.17) is 5.73 Å². The van der Waals surface area contributed by atoms with Crippen molar-refractivity contribution >= 4 is 28.9 Å². The third kappa shape index (κ3) is 3.32. The van der Waals surface area contributed by atoms with Gasteiger partial charge in [0.25, 0.3) is 5.56 Å². The molecule has 4 aromatic rings. The Morgan fingerprint density at radius 3 is 2.71 bits per heavy atom. The Hall–Kier alpha value is -4.35. The molecule has 35 heavy (non-hydrogen) atoms. The monoisotopic (exact) mass is 478 g/mol. The molecule has 0 aliphatic carbocycles. The normalized spacial score (nSPS) is 19.7. The summed E-state index contributed by atoms with van der Waals surface area (Å²) in [5.74, 6) is -0.306. The van der Waals surface area contributed by atoms with Crippen LogP contribution in [0, 0.1) is 5.82 Å². The number of carbonyl (C=O) groups excluding carboxylic acids is 1. The first-order valence-electron chi connectivity index (χ1n) is 11.1. The summed E-state index contributed by atoms with van der Waals surface area (Å²) in [4.78, 5) is 36.3. The second-order valence-electron chi connectivity index (χ2n) is 8.52. The Morgan fingerprint density at radius 1 is 1.11 bits per heavy atom. The number of para-hydroxylation sites is 1. The molecule has 12 heteroatoms. The zero-order chi connectivity index (χ0) is 24.3. The van der Waals surface area contributed by atoms with Crippen LogP contribution in [0.2, 0.25) is 0 Å². The van der Waals surface area contributed by atoms with Crippen LogP contribution in [0.3, 0.4) is 0 Å². The summed E-state index contributed by atoms with van der Waals surface area (Å²) in [6.07, 6.45) is 0.257. The standard InChI is InChI=1S/C23H20F2N8O2/c24-12-10-15(31(11-12)21-17-16(34)6-8-27-19(17)28-23(26)29-21)20-30-32-9-7-14(25)18(32)22(35)33(20)13-4-2-1-3-5-13/h1-5,7,9,12,15H,6,8,10-11H2,(H3,26,27,28,29)/t12-,15-/m0/s1. The van der Waals surface area contributed by atoms with Crippen molar-refractivity contribution < 1.29 is 13.6 Å². The number of nitrogens with two attached hydrogens (primary N) is 1. The maximum absolute atomic E-state index is 15.0. The van der Waals surface area contributed by atoms with Gasteiger partial charge in [0.1, 0.15) is 23.4 Å². The number of nitrogens with one attached hydrogen (secondary N) is 1. The van der Waals surface area contributed by atoms with Gasteiger partial charge in [0.05, 0.1) is 18.3 Å². The zero-order valence-electron chi connectivity index (χ0n) is 18.4. The van der Waals surface area contributed by atoms with E-state index >= 15 is 0 Å². The van der Waals surface area contributed by atoms with Gasteiger partial charge in [0.2, 0.25) is 5.95 Å². The highest BCUT2D eigenvalue weighted by atomic mass is 19.1. The van der Waals surface area contributed by atoms with Gasteiger partial charge in [-0.05, 0) is 18.2 Å². The van der Waals surface area contributed by atoms with Crippen LogP contribution in [0.25, 0.3) is 11.2 Å². The van der Waals surface area contributed by atoms with Crippen LogP contribution < -0.4 is 21.5 Å². The number of fused-ring (bicyclic) bond motifs is 2. The number of hydrogen-bond donors (Lipinski definition) is 2. The molecule has 0 spiro atoms. The van der Waals surface area contributed by atoms with Crippen LogP contribution in [0.1, 0.15) is 35.1 Å². The highest BCUT2D eigenvalue weighted by Gasteiger charge is 2.41. The SMILES string of the molecule is Nc1nc2c(c(N3C[C@@H](F)C[C@H]3c3nn4ccc(F)c4c(=O)n3-c3ccccc3)n1)C(=O)CCN2. The first kappa shape index (κ1) is 21.2. The summed E-state index contributed by atoms with van der Waals surface area (Å²) in [5.41, 5.74) is 5.75. The van der Waals surface area contributed by atoms with Gasteiger partial charge in [-0.3, -0.25) is 14.2 Å². The predicted molar refractivity (Wildman–Crippen MR) is 124 cm³/mol. The predicted octanol–water partition coefficient (Wildman–Crippen LogP) is 2.28. The molecule has 0 radical (unpaired) electrons. The number of benzene rings is 1. The van der Waals surface area contributed by atoms with Crippen molar-refractivity contribution in [3.63, 3.8) is 0 Å². The Morgan fingerprint density at radius 2 is 1.91 bits per heavy atom. The number of alkyl halides is 1. The molecule has 5 heterocycles. The summed E-state index contributed by atoms with van der Waals surface area (Å²) < 4.78 is 31.9. The second kappa shape index (κ2) is 7.86. The van der Waals surface area contributed by atoms with E-state index in [2.05, 4.69) is 20.4 Å². The van der Waals surface area contributed by atoms with Crippen molar-refractivity contribution in [2.24, 2.45) is 0 Å². The minimum Gasteiger partial charge on any atom is -0.369 e. The van der Waals surface area contributed by atoms with Gasteiger partial charge in [0.15, 0.2) is 22.9 Å².